The minimum atomic E-state index is 0.349. The second-order valence-corrected chi connectivity index (χ2v) is 7.09. The number of para-hydroxylation sites is 1. The Labute approximate surface area is 139 Å². The Bertz CT molecular complexity index is 791. The number of fused-ring (bicyclic) bond motifs is 1. The van der Waals surface area contributed by atoms with E-state index in [0.717, 1.165) is 36.5 Å². The van der Waals surface area contributed by atoms with Crippen molar-refractivity contribution in [2.75, 3.05) is 23.7 Å². The Morgan fingerprint density at radius 2 is 2.09 bits per heavy atom. The van der Waals surface area contributed by atoms with Gasteiger partial charge in [-0.2, -0.15) is 4.98 Å². The van der Waals surface area contributed by atoms with Crippen LogP contribution in [0.2, 0.25) is 0 Å². The lowest BCUT2D eigenvalue weighted by molar-refractivity contribution is 0.506. The molecule has 0 saturated carbocycles. The average Bonchev–Trinajstić information content (AvgIpc) is 2.98. The molecule has 2 N–H and O–H groups in total. The average molecular weight is 325 g/mol. The van der Waals surface area contributed by atoms with E-state index in [1.165, 1.54) is 16.1 Å². The number of nitrogen functional groups attached to an aromatic ring is 1. The van der Waals surface area contributed by atoms with Gasteiger partial charge in [-0.25, -0.2) is 9.97 Å². The summed E-state index contributed by atoms with van der Waals surface area (Å²) in [4.78, 5) is 15.7. The number of aromatic nitrogens is 3. The van der Waals surface area contributed by atoms with Gasteiger partial charge in [-0.15, -0.1) is 11.3 Å². The molecule has 0 amide bonds. The van der Waals surface area contributed by atoms with E-state index in [2.05, 4.69) is 33.1 Å². The van der Waals surface area contributed by atoms with Gasteiger partial charge in [-0.1, -0.05) is 12.1 Å². The fourth-order valence-electron chi connectivity index (χ4n) is 3.19. The molecule has 4 rings (SSSR count). The molecule has 5 nitrogen and oxygen atoms in total. The number of benzene rings is 1. The van der Waals surface area contributed by atoms with E-state index < -0.39 is 0 Å². The van der Waals surface area contributed by atoms with Crippen LogP contribution in [-0.4, -0.2) is 28.0 Å². The zero-order valence-corrected chi connectivity index (χ0v) is 13.9. The molecule has 1 unspecified atom stereocenters. The number of piperidine rings is 1. The van der Waals surface area contributed by atoms with Crippen LogP contribution in [0.5, 0.6) is 0 Å². The first-order chi connectivity index (χ1) is 11.2. The number of nitrogens with two attached hydrogens (primary N) is 1. The van der Waals surface area contributed by atoms with Crippen molar-refractivity contribution in [3.8, 4) is 0 Å². The van der Waals surface area contributed by atoms with Crippen molar-refractivity contribution >= 4 is 33.3 Å². The van der Waals surface area contributed by atoms with Gasteiger partial charge < -0.3 is 10.6 Å². The summed E-state index contributed by atoms with van der Waals surface area (Å²) in [6.07, 6.45) is 2.32. The standard InChI is InChI=1S/C17H19N5S/c1-11-9-15(21-17(18)19-11)22-8-4-5-12(10-22)16-20-13-6-2-3-7-14(13)23-16/h2-3,6-7,9,12H,4-5,8,10H2,1H3,(H2,18,19,21). The first-order valence-corrected chi connectivity index (χ1v) is 8.72. The Balaban J connectivity index is 1.61. The second-order valence-electron chi connectivity index (χ2n) is 6.03. The largest absolute Gasteiger partial charge is 0.368 e. The van der Waals surface area contributed by atoms with Crippen LogP contribution in [0.25, 0.3) is 10.2 Å². The smallest absolute Gasteiger partial charge is 0.222 e. The van der Waals surface area contributed by atoms with Gasteiger partial charge in [0.05, 0.1) is 15.2 Å². The summed E-state index contributed by atoms with van der Waals surface area (Å²) in [6, 6.07) is 10.4. The van der Waals surface area contributed by atoms with Crippen molar-refractivity contribution in [3.05, 3.63) is 41.0 Å². The van der Waals surface area contributed by atoms with Crippen LogP contribution in [0.3, 0.4) is 0 Å². The lowest BCUT2D eigenvalue weighted by Gasteiger charge is -2.32. The first-order valence-electron chi connectivity index (χ1n) is 7.90. The molecule has 3 aromatic rings. The maximum Gasteiger partial charge on any atom is 0.222 e. The van der Waals surface area contributed by atoms with Crippen molar-refractivity contribution in [1.29, 1.82) is 0 Å². The summed E-state index contributed by atoms with van der Waals surface area (Å²) in [5, 5.41) is 1.23. The lowest BCUT2D eigenvalue weighted by Crippen LogP contribution is -2.35. The molecule has 0 aliphatic carbocycles. The molecule has 0 bridgehead atoms. The zero-order valence-electron chi connectivity index (χ0n) is 13.1. The van der Waals surface area contributed by atoms with E-state index in [4.69, 9.17) is 10.7 Å². The summed E-state index contributed by atoms with van der Waals surface area (Å²) < 4.78 is 1.27. The highest BCUT2D eigenvalue weighted by Gasteiger charge is 2.25. The first kappa shape index (κ1) is 14.4. The number of nitrogens with zero attached hydrogens (tertiary/aromatic N) is 4. The molecule has 1 saturated heterocycles. The Morgan fingerprint density at radius 3 is 2.91 bits per heavy atom. The SMILES string of the molecule is Cc1cc(N2CCCC(c3nc4ccccc4s3)C2)nc(N)n1. The molecule has 1 fully saturated rings. The van der Waals surface area contributed by atoms with Gasteiger partial charge in [-0.3, -0.25) is 0 Å². The fraction of sp³-hybridized carbons (Fsp3) is 0.353. The summed E-state index contributed by atoms with van der Waals surface area (Å²) in [5.74, 6) is 1.74. The molecule has 23 heavy (non-hydrogen) atoms. The van der Waals surface area contributed by atoms with Gasteiger partial charge in [0.25, 0.3) is 0 Å². The molecule has 3 heterocycles. The molecular weight excluding hydrogens is 306 g/mol. The highest BCUT2D eigenvalue weighted by molar-refractivity contribution is 7.18. The minimum absolute atomic E-state index is 0.349. The normalized spacial score (nSPS) is 18.5. The number of hydrogen-bond acceptors (Lipinski definition) is 6. The summed E-state index contributed by atoms with van der Waals surface area (Å²) >= 11 is 1.81. The number of hydrogen-bond donors (Lipinski definition) is 1. The van der Waals surface area contributed by atoms with Gasteiger partial charge in [0.1, 0.15) is 5.82 Å². The third kappa shape index (κ3) is 2.86. The van der Waals surface area contributed by atoms with E-state index in [1.807, 2.05) is 30.4 Å². The third-order valence-corrected chi connectivity index (χ3v) is 5.46. The number of aryl methyl sites for hydroxylation is 1. The van der Waals surface area contributed by atoms with Crippen LogP contribution < -0.4 is 10.6 Å². The van der Waals surface area contributed by atoms with Crippen molar-refractivity contribution in [1.82, 2.24) is 15.0 Å². The highest BCUT2D eigenvalue weighted by atomic mass is 32.1. The molecule has 1 aromatic carbocycles. The van der Waals surface area contributed by atoms with E-state index in [1.54, 1.807) is 0 Å². The Kier molecular flexibility index (Phi) is 3.61. The maximum absolute atomic E-state index is 5.80. The minimum Gasteiger partial charge on any atom is -0.368 e. The van der Waals surface area contributed by atoms with Crippen LogP contribution in [0.4, 0.5) is 11.8 Å². The Hall–Kier alpha value is -2.21. The van der Waals surface area contributed by atoms with Crippen molar-refractivity contribution in [2.45, 2.75) is 25.7 Å². The molecule has 1 aliphatic heterocycles. The van der Waals surface area contributed by atoms with Gasteiger partial charge in [0, 0.05) is 30.8 Å². The van der Waals surface area contributed by atoms with Gasteiger partial charge in [-0.05, 0) is 31.9 Å². The number of thiazole rings is 1. The van der Waals surface area contributed by atoms with Crippen LogP contribution in [-0.2, 0) is 0 Å². The molecule has 118 valence electrons. The second kappa shape index (κ2) is 5.77. The predicted octanol–water partition coefficient (Wildman–Crippen LogP) is 3.36. The molecule has 0 radical (unpaired) electrons. The third-order valence-electron chi connectivity index (χ3n) is 4.26. The highest BCUT2D eigenvalue weighted by Crippen LogP contribution is 2.34. The van der Waals surface area contributed by atoms with E-state index in [9.17, 15) is 0 Å². The lowest BCUT2D eigenvalue weighted by atomic mass is 9.99. The molecule has 2 aromatic heterocycles. The predicted molar refractivity (Wildman–Crippen MR) is 95.0 cm³/mol. The fourth-order valence-corrected chi connectivity index (χ4v) is 4.28. The van der Waals surface area contributed by atoms with Crippen LogP contribution in [0.1, 0.15) is 29.5 Å². The molecule has 1 atom stereocenters. The van der Waals surface area contributed by atoms with Crippen molar-refractivity contribution in [3.63, 3.8) is 0 Å². The summed E-state index contributed by atoms with van der Waals surface area (Å²) in [6.45, 7) is 3.91. The van der Waals surface area contributed by atoms with Crippen LogP contribution in [0.15, 0.2) is 30.3 Å². The van der Waals surface area contributed by atoms with E-state index >= 15 is 0 Å². The van der Waals surface area contributed by atoms with Gasteiger partial charge in [0.15, 0.2) is 0 Å². The summed E-state index contributed by atoms with van der Waals surface area (Å²) in [5.41, 5.74) is 7.82. The number of rotatable bonds is 2. The Morgan fingerprint density at radius 1 is 1.22 bits per heavy atom. The van der Waals surface area contributed by atoms with Gasteiger partial charge >= 0.3 is 0 Å². The molecular formula is C17H19N5S. The monoisotopic (exact) mass is 325 g/mol. The van der Waals surface area contributed by atoms with Crippen molar-refractivity contribution in [2.24, 2.45) is 0 Å². The van der Waals surface area contributed by atoms with Crippen molar-refractivity contribution < 1.29 is 0 Å². The van der Waals surface area contributed by atoms with E-state index in [0.29, 0.717) is 11.9 Å². The van der Waals surface area contributed by atoms with Crippen LogP contribution >= 0.6 is 11.3 Å². The van der Waals surface area contributed by atoms with Crippen LogP contribution in [0, 0.1) is 6.92 Å². The number of anilines is 2. The molecule has 0 spiro atoms. The quantitative estimate of drug-likeness (QED) is 0.782. The summed E-state index contributed by atoms with van der Waals surface area (Å²) in [7, 11) is 0. The molecule has 1 aliphatic rings. The zero-order chi connectivity index (χ0) is 15.8. The topological polar surface area (TPSA) is 67.9 Å². The van der Waals surface area contributed by atoms with E-state index in [-0.39, 0.29) is 0 Å². The van der Waals surface area contributed by atoms with Gasteiger partial charge in [0.2, 0.25) is 5.95 Å². The maximum atomic E-state index is 5.80. The molecule has 6 heteroatoms.